The summed E-state index contributed by atoms with van der Waals surface area (Å²) in [7, 11) is 0. The number of amides is 3. The second kappa shape index (κ2) is 11.1. The maximum atomic E-state index is 12.5. The molecule has 1 heterocycles. The number of ketones is 1. The van der Waals surface area contributed by atoms with Crippen molar-refractivity contribution >= 4 is 35.3 Å². The lowest BCUT2D eigenvalue weighted by Gasteiger charge is -2.23. The lowest BCUT2D eigenvalue weighted by molar-refractivity contribution is -0.137. The van der Waals surface area contributed by atoms with Gasteiger partial charge < -0.3 is 11.1 Å². The highest BCUT2D eigenvalue weighted by atomic mass is 32.2. The van der Waals surface area contributed by atoms with Gasteiger partial charge in [0, 0.05) is 37.6 Å². The van der Waals surface area contributed by atoms with E-state index in [0.29, 0.717) is 6.42 Å². The summed E-state index contributed by atoms with van der Waals surface area (Å²) in [6, 6.07) is -0.548. The Hall–Kier alpha value is -1.67. The molecule has 0 aromatic carbocycles. The highest BCUT2D eigenvalue weighted by Gasteiger charge is 2.29. The molecule has 1 aliphatic heterocycles. The molecule has 0 spiro atoms. The van der Waals surface area contributed by atoms with Gasteiger partial charge in [0.25, 0.3) is 11.8 Å². The Morgan fingerprint density at radius 1 is 1.27 bits per heavy atom. The van der Waals surface area contributed by atoms with E-state index in [9.17, 15) is 19.2 Å². The first-order chi connectivity index (χ1) is 12.3. The molecule has 8 heteroatoms. The topological polar surface area (TPSA) is 110 Å². The van der Waals surface area contributed by atoms with Gasteiger partial charge in [-0.3, -0.25) is 24.1 Å². The molecule has 3 N–H and O–H groups in total. The van der Waals surface area contributed by atoms with Crippen LogP contribution >= 0.6 is 11.8 Å². The summed E-state index contributed by atoms with van der Waals surface area (Å²) in [4.78, 5) is 48.9. The predicted molar refractivity (Wildman–Crippen MR) is 102 cm³/mol. The second-order valence-electron chi connectivity index (χ2n) is 6.50. The third-order valence-corrected chi connectivity index (χ3v) is 5.31. The summed E-state index contributed by atoms with van der Waals surface area (Å²) in [6.07, 6.45) is 5.85. The summed E-state index contributed by atoms with van der Waals surface area (Å²) in [5.74, 6) is -0.723. The van der Waals surface area contributed by atoms with Crippen molar-refractivity contribution in [3.05, 3.63) is 12.2 Å². The van der Waals surface area contributed by atoms with Crippen molar-refractivity contribution in [1.82, 2.24) is 10.2 Å². The Kier molecular flexibility index (Phi) is 9.58. The molecule has 0 aromatic rings. The number of nitrogens with two attached hydrogens (primary N) is 1. The van der Waals surface area contributed by atoms with E-state index in [1.165, 1.54) is 12.2 Å². The lowest BCUT2D eigenvalue weighted by Crippen LogP contribution is -2.43. The average Bonchev–Trinajstić information content (AvgIpc) is 2.94. The number of rotatable bonds is 12. The molecule has 0 aromatic heterocycles. The van der Waals surface area contributed by atoms with Gasteiger partial charge in [-0.1, -0.05) is 20.3 Å². The van der Waals surface area contributed by atoms with Gasteiger partial charge in [0.15, 0.2) is 0 Å². The summed E-state index contributed by atoms with van der Waals surface area (Å²) < 4.78 is 0. The average molecular weight is 384 g/mol. The van der Waals surface area contributed by atoms with Crippen molar-refractivity contribution < 1.29 is 19.2 Å². The lowest BCUT2D eigenvalue weighted by atomic mass is 9.85. The number of imide groups is 1. The van der Waals surface area contributed by atoms with Crippen LogP contribution in [0.5, 0.6) is 0 Å². The minimum absolute atomic E-state index is 0.0309. The van der Waals surface area contributed by atoms with Gasteiger partial charge in [-0.15, -0.1) is 0 Å². The van der Waals surface area contributed by atoms with Crippen LogP contribution < -0.4 is 11.1 Å². The molecule has 0 bridgehead atoms. The summed E-state index contributed by atoms with van der Waals surface area (Å²) in [5, 5.41) is 2.74. The Balaban J connectivity index is 2.56. The van der Waals surface area contributed by atoms with Crippen LogP contribution in [0.3, 0.4) is 0 Å². The number of hydrogen-bond donors (Lipinski definition) is 2. The zero-order valence-corrected chi connectivity index (χ0v) is 16.5. The molecule has 0 radical (unpaired) electrons. The van der Waals surface area contributed by atoms with Gasteiger partial charge in [-0.05, 0) is 24.3 Å². The van der Waals surface area contributed by atoms with Crippen molar-refractivity contribution in [2.24, 2.45) is 17.6 Å². The number of nitrogens with zero attached hydrogens (tertiary/aromatic N) is 1. The van der Waals surface area contributed by atoms with Crippen LogP contribution in [-0.4, -0.2) is 59.5 Å². The summed E-state index contributed by atoms with van der Waals surface area (Å²) in [6.45, 7) is 4.18. The van der Waals surface area contributed by atoms with Crippen LogP contribution in [-0.2, 0) is 19.2 Å². The quantitative estimate of drug-likeness (QED) is 0.481. The normalized spacial score (nSPS) is 17.3. The fourth-order valence-corrected chi connectivity index (χ4v) is 3.17. The van der Waals surface area contributed by atoms with Crippen molar-refractivity contribution in [1.29, 1.82) is 0 Å². The number of hydrogen-bond acceptors (Lipinski definition) is 6. The van der Waals surface area contributed by atoms with Crippen LogP contribution in [0.1, 0.15) is 33.1 Å². The van der Waals surface area contributed by atoms with Crippen LogP contribution in [0.15, 0.2) is 12.2 Å². The Morgan fingerprint density at radius 2 is 1.88 bits per heavy atom. The molecule has 7 nitrogen and oxygen atoms in total. The third kappa shape index (κ3) is 6.57. The summed E-state index contributed by atoms with van der Waals surface area (Å²) in [5.41, 5.74) is 5.92. The minimum Gasteiger partial charge on any atom is -0.354 e. The third-order valence-electron chi connectivity index (χ3n) is 4.67. The van der Waals surface area contributed by atoms with E-state index >= 15 is 0 Å². The van der Waals surface area contributed by atoms with E-state index in [4.69, 9.17) is 5.73 Å². The van der Waals surface area contributed by atoms with Crippen molar-refractivity contribution in [3.63, 3.8) is 0 Å². The first-order valence-corrected chi connectivity index (χ1v) is 10.3. The number of carbonyl (C=O) groups is 4. The van der Waals surface area contributed by atoms with E-state index in [1.54, 1.807) is 11.8 Å². The maximum Gasteiger partial charge on any atom is 0.253 e. The highest BCUT2D eigenvalue weighted by Crippen LogP contribution is 2.21. The molecule has 26 heavy (non-hydrogen) atoms. The van der Waals surface area contributed by atoms with E-state index in [-0.39, 0.29) is 48.9 Å². The fourth-order valence-electron chi connectivity index (χ4n) is 2.68. The van der Waals surface area contributed by atoms with Crippen LogP contribution in [0.2, 0.25) is 0 Å². The first kappa shape index (κ1) is 22.4. The first-order valence-electron chi connectivity index (χ1n) is 8.90. The van der Waals surface area contributed by atoms with E-state index in [0.717, 1.165) is 17.1 Å². The van der Waals surface area contributed by atoms with Gasteiger partial charge in [-0.2, -0.15) is 11.8 Å². The Labute approximate surface area is 159 Å². The molecule has 1 rings (SSSR count). The van der Waals surface area contributed by atoms with E-state index in [2.05, 4.69) is 5.32 Å². The molecule has 0 aliphatic carbocycles. The molecule has 0 fully saturated rings. The van der Waals surface area contributed by atoms with Gasteiger partial charge in [0.05, 0.1) is 6.04 Å². The largest absolute Gasteiger partial charge is 0.354 e. The highest BCUT2D eigenvalue weighted by molar-refractivity contribution is 7.98. The monoisotopic (exact) mass is 383 g/mol. The maximum absolute atomic E-state index is 12.5. The minimum atomic E-state index is -0.548. The molecule has 3 atom stereocenters. The van der Waals surface area contributed by atoms with Gasteiger partial charge in [0.1, 0.15) is 5.78 Å². The molecular formula is C18H29N3O4S. The molecule has 0 saturated heterocycles. The van der Waals surface area contributed by atoms with E-state index in [1.807, 2.05) is 20.1 Å². The van der Waals surface area contributed by atoms with Gasteiger partial charge >= 0.3 is 0 Å². The van der Waals surface area contributed by atoms with Crippen LogP contribution in [0.4, 0.5) is 0 Å². The zero-order valence-electron chi connectivity index (χ0n) is 15.7. The zero-order chi connectivity index (χ0) is 19.7. The fraction of sp³-hybridized carbons (Fsp3) is 0.667. The molecular weight excluding hydrogens is 354 g/mol. The van der Waals surface area contributed by atoms with Crippen molar-refractivity contribution in [2.75, 3.05) is 25.1 Å². The predicted octanol–water partition coefficient (Wildman–Crippen LogP) is 0.730. The second-order valence-corrected chi connectivity index (χ2v) is 7.49. The molecule has 0 unspecified atom stereocenters. The Bertz CT molecular complexity index is 547. The van der Waals surface area contributed by atoms with Gasteiger partial charge in [0.2, 0.25) is 5.91 Å². The molecule has 146 valence electrons. The SMILES string of the molecule is CC[C@H](C)[C@H](CC(=O)[C@@H](N)CCSC)C(=O)NCCN1C(=O)C=CC1=O. The molecule has 3 amide bonds. The number of carbonyl (C=O) groups excluding carboxylic acids is 4. The number of Topliss-reactive ketones (excluding diaryl/α,β-unsaturated/α-hetero) is 1. The van der Waals surface area contributed by atoms with Crippen LogP contribution in [0.25, 0.3) is 0 Å². The molecule has 0 saturated carbocycles. The van der Waals surface area contributed by atoms with Crippen molar-refractivity contribution in [2.45, 2.75) is 39.2 Å². The smallest absolute Gasteiger partial charge is 0.253 e. The van der Waals surface area contributed by atoms with Crippen LogP contribution in [0, 0.1) is 11.8 Å². The summed E-state index contributed by atoms with van der Waals surface area (Å²) >= 11 is 1.63. The number of thioether (sulfide) groups is 1. The van der Waals surface area contributed by atoms with Gasteiger partial charge in [-0.25, -0.2) is 0 Å². The Morgan fingerprint density at radius 3 is 2.42 bits per heavy atom. The van der Waals surface area contributed by atoms with E-state index < -0.39 is 12.0 Å². The molecule has 1 aliphatic rings. The standard InChI is InChI=1S/C18H29N3O4S/c1-4-12(2)13(11-15(22)14(19)7-10-26-3)18(25)20-8-9-21-16(23)5-6-17(21)24/h5-6,12-14H,4,7-11,19H2,1-3H3,(H,20,25)/t12-,13-,14-/m0/s1. The number of nitrogens with one attached hydrogen (secondary N) is 1. The van der Waals surface area contributed by atoms with Crippen molar-refractivity contribution in [3.8, 4) is 0 Å².